The summed E-state index contributed by atoms with van der Waals surface area (Å²) in [6.45, 7) is 4.35. The van der Waals surface area contributed by atoms with Crippen LogP contribution < -0.4 is 10.2 Å². The van der Waals surface area contributed by atoms with Gasteiger partial charge in [0.15, 0.2) is 0 Å². The van der Waals surface area contributed by atoms with Crippen molar-refractivity contribution < 1.29 is 9.53 Å². The summed E-state index contributed by atoms with van der Waals surface area (Å²) in [6.07, 6.45) is 7.13. The number of rotatable bonds is 11. The normalized spacial score (nSPS) is 17.3. The minimum absolute atomic E-state index is 0.00342. The molecule has 1 saturated carbocycles. The standard InChI is InChI=1S/C35H41ClN6O2/c36-31-17-9-10-18-33(31)41-21-19-40(20-22-41)25-29-26-42(39-38-29)34(24-28-13-5-2-6-14-28)32(23-27-11-3-1-4-12-27)37-35(43)44-30-15-7-8-16-30/h1-6,9-14,17-18,26,30,32,34H,7-8,15-16,19-25H2,(H,37,43)/t32-,34-/m0/s1. The number of anilines is 1. The number of benzene rings is 3. The van der Waals surface area contributed by atoms with Crippen LogP contribution in [0.15, 0.2) is 91.1 Å². The van der Waals surface area contributed by atoms with Gasteiger partial charge in [0.2, 0.25) is 0 Å². The van der Waals surface area contributed by atoms with Gasteiger partial charge in [-0.3, -0.25) is 4.90 Å². The molecule has 2 atom stereocenters. The number of halogens is 1. The molecule has 1 aromatic heterocycles. The van der Waals surface area contributed by atoms with E-state index in [0.29, 0.717) is 12.8 Å². The Morgan fingerprint density at radius 3 is 2.18 bits per heavy atom. The number of para-hydroxylation sites is 1. The third-order valence-electron chi connectivity index (χ3n) is 8.78. The van der Waals surface area contributed by atoms with Crippen molar-refractivity contribution in [2.75, 3.05) is 31.1 Å². The van der Waals surface area contributed by atoms with Gasteiger partial charge in [-0.1, -0.05) is 89.6 Å². The first-order valence-electron chi connectivity index (χ1n) is 15.8. The van der Waals surface area contributed by atoms with Crippen LogP contribution >= 0.6 is 11.6 Å². The molecule has 3 aromatic carbocycles. The molecule has 8 nitrogen and oxygen atoms in total. The van der Waals surface area contributed by atoms with Crippen LogP contribution in [0.1, 0.15) is 48.5 Å². The number of ether oxygens (including phenoxy) is 1. The quantitative estimate of drug-likeness (QED) is 0.214. The summed E-state index contributed by atoms with van der Waals surface area (Å²) in [7, 11) is 0. The van der Waals surface area contributed by atoms with Crippen LogP contribution in [0.2, 0.25) is 5.02 Å². The number of piperazine rings is 1. The highest BCUT2D eigenvalue weighted by Crippen LogP contribution is 2.27. The molecule has 2 aliphatic rings. The second-order valence-electron chi connectivity index (χ2n) is 11.9. The lowest BCUT2D eigenvalue weighted by Crippen LogP contribution is -2.46. The Kier molecular flexibility index (Phi) is 10.1. The van der Waals surface area contributed by atoms with Gasteiger partial charge in [-0.25, -0.2) is 9.48 Å². The molecule has 9 heteroatoms. The lowest BCUT2D eigenvalue weighted by atomic mass is 9.94. The molecule has 1 aliphatic carbocycles. The van der Waals surface area contributed by atoms with E-state index in [1.165, 1.54) is 5.56 Å². The summed E-state index contributed by atoms with van der Waals surface area (Å²) >= 11 is 6.45. The van der Waals surface area contributed by atoms with Gasteiger partial charge in [-0.05, 0) is 61.8 Å². The molecule has 0 radical (unpaired) electrons. The van der Waals surface area contributed by atoms with E-state index >= 15 is 0 Å². The maximum atomic E-state index is 13.2. The molecule has 0 spiro atoms. The summed E-state index contributed by atoms with van der Waals surface area (Å²) in [5, 5.41) is 13.3. The highest BCUT2D eigenvalue weighted by molar-refractivity contribution is 6.33. The molecule has 230 valence electrons. The zero-order valence-electron chi connectivity index (χ0n) is 25.1. The number of hydrogen-bond donors (Lipinski definition) is 1. The van der Waals surface area contributed by atoms with Gasteiger partial charge in [0.25, 0.3) is 0 Å². The van der Waals surface area contributed by atoms with E-state index in [9.17, 15) is 4.79 Å². The number of nitrogens with zero attached hydrogens (tertiary/aromatic N) is 5. The third kappa shape index (κ3) is 7.98. The van der Waals surface area contributed by atoms with E-state index in [4.69, 9.17) is 16.3 Å². The Hall–Kier alpha value is -3.88. The summed E-state index contributed by atoms with van der Waals surface area (Å²) in [6, 6.07) is 28.3. The van der Waals surface area contributed by atoms with Crippen LogP contribution in [0.3, 0.4) is 0 Å². The van der Waals surface area contributed by atoms with Crippen molar-refractivity contribution in [2.24, 2.45) is 0 Å². The van der Waals surface area contributed by atoms with Crippen molar-refractivity contribution >= 4 is 23.4 Å². The highest BCUT2D eigenvalue weighted by atomic mass is 35.5. The Labute approximate surface area is 265 Å². The Morgan fingerprint density at radius 1 is 0.864 bits per heavy atom. The Balaban J connectivity index is 1.19. The fourth-order valence-corrected chi connectivity index (χ4v) is 6.66. The molecule has 0 bridgehead atoms. The average molecular weight is 613 g/mol. The largest absolute Gasteiger partial charge is 0.446 e. The van der Waals surface area contributed by atoms with Crippen LogP contribution in [0.25, 0.3) is 0 Å². The first-order chi connectivity index (χ1) is 21.6. The number of carbonyl (C=O) groups excluding carboxylic acids is 1. The van der Waals surface area contributed by atoms with Crippen LogP contribution in [-0.2, 0) is 24.1 Å². The van der Waals surface area contributed by atoms with Gasteiger partial charge in [0, 0.05) is 32.7 Å². The van der Waals surface area contributed by atoms with Crippen molar-refractivity contribution in [3.8, 4) is 0 Å². The van der Waals surface area contributed by atoms with Gasteiger partial charge in [-0.2, -0.15) is 0 Å². The van der Waals surface area contributed by atoms with Crippen molar-refractivity contribution in [1.82, 2.24) is 25.2 Å². The first-order valence-corrected chi connectivity index (χ1v) is 16.2. The lowest BCUT2D eigenvalue weighted by molar-refractivity contribution is 0.0946. The van der Waals surface area contributed by atoms with Gasteiger partial charge < -0.3 is 15.0 Å². The number of hydrogen-bond acceptors (Lipinski definition) is 6. The summed E-state index contributed by atoms with van der Waals surface area (Å²) in [5.41, 5.74) is 4.33. The van der Waals surface area contributed by atoms with Crippen LogP contribution in [-0.4, -0.2) is 64.3 Å². The van der Waals surface area contributed by atoms with Crippen molar-refractivity contribution in [1.29, 1.82) is 0 Å². The minimum atomic E-state index is -0.354. The first kappa shape index (κ1) is 30.2. The molecular formula is C35H41ClN6O2. The molecule has 6 rings (SSSR count). The lowest BCUT2D eigenvalue weighted by Gasteiger charge is -2.36. The summed E-state index contributed by atoms with van der Waals surface area (Å²) < 4.78 is 7.81. The zero-order valence-corrected chi connectivity index (χ0v) is 25.9. The monoisotopic (exact) mass is 612 g/mol. The molecule has 2 fully saturated rings. The molecule has 2 heterocycles. The fourth-order valence-electron chi connectivity index (χ4n) is 6.40. The number of nitrogens with one attached hydrogen (secondary N) is 1. The molecule has 1 amide bonds. The molecule has 0 unspecified atom stereocenters. The molecule has 4 aromatic rings. The van der Waals surface area contributed by atoms with E-state index in [2.05, 4.69) is 74.1 Å². The predicted molar refractivity (Wildman–Crippen MR) is 174 cm³/mol. The maximum absolute atomic E-state index is 13.2. The van der Waals surface area contributed by atoms with Gasteiger partial charge in [0.05, 0.1) is 34.7 Å². The molecule has 1 N–H and O–H groups in total. The average Bonchev–Trinajstić information content (AvgIpc) is 3.74. The van der Waals surface area contributed by atoms with Crippen LogP contribution in [0.4, 0.5) is 10.5 Å². The second-order valence-corrected chi connectivity index (χ2v) is 12.3. The second kappa shape index (κ2) is 14.7. The van der Waals surface area contributed by atoms with E-state index in [1.807, 2.05) is 47.1 Å². The van der Waals surface area contributed by atoms with E-state index in [0.717, 1.165) is 80.4 Å². The van der Waals surface area contributed by atoms with Crippen molar-refractivity contribution in [3.63, 3.8) is 0 Å². The smallest absolute Gasteiger partial charge is 0.407 e. The van der Waals surface area contributed by atoms with E-state index in [-0.39, 0.29) is 24.3 Å². The summed E-state index contributed by atoms with van der Waals surface area (Å²) in [4.78, 5) is 18.0. The van der Waals surface area contributed by atoms with Crippen molar-refractivity contribution in [3.05, 3.63) is 113 Å². The zero-order chi connectivity index (χ0) is 30.1. The summed E-state index contributed by atoms with van der Waals surface area (Å²) in [5.74, 6) is 0. The van der Waals surface area contributed by atoms with E-state index in [1.54, 1.807) is 0 Å². The highest BCUT2D eigenvalue weighted by Gasteiger charge is 2.29. The van der Waals surface area contributed by atoms with Crippen LogP contribution in [0, 0.1) is 0 Å². The van der Waals surface area contributed by atoms with Gasteiger partial charge >= 0.3 is 6.09 Å². The van der Waals surface area contributed by atoms with Crippen molar-refractivity contribution in [2.45, 2.75) is 63.3 Å². The number of alkyl carbamates (subject to hydrolysis) is 1. The predicted octanol–water partition coefficient (Wildman–Crippen LogP) is 6.32. The van der Waals surface area contributed by atoms with Gasteiger partial charge in [0.1, 0.15) is 6.10 Å². The van der Waals surface area contributed by atoms with Crippen LogP contribution in [0.5, 0.6) is 0 Å². The molecular weight excluding hydrogens is 572 g/mol. The number of amides is 1. The molecule has 1 aliphatic heterocycles. The molecule has 1 saturated heterocycles. The SMILES string of the molecule is O=C(N[C@@H](Cc1ccccc1)[C@H](Cc1ccccc1)n1cc(CN2CCN(c3ccccc3Cl)CC2)nn1)OC1CCCC1. The third-order valence-corrected chi connectivity index (χ3v) is 9.10. The van der Waals surface area contributed by atoms with E-state index < -0.39 is 0 Å². The maximum Gasteiger partial charge on any atom is 0.407 e. The number of carbonyl (C=O) groups is 1. The topological polar surface area (TPSA) is 75.5 Å². The molecule has 44 heavy (non-hydrogen) atoms. The fraction of sp³-hybridized carbons (Fsp3) is 0.400. The number of aromatic nitrogens is 3. The minimum Gasteiger partial charge on any atom is -0.446 e. The Morgan fingerprint density at radius 2 is 1.50 bits per heavy atom. The van der Waals surface area contributed by atoms with Gasteiger partial charge in [-0.15, -0.1) is 5.10 Å². The Bertz CT molecular complexity index is 1470.